The molecule has 0 N–H and O–H groups in total. The van der Waals surface area contributed by atoms with E-state index in [1.165, 1.54) is 25.7 Å². The van der Waals surface area contributed by atoms with Gasteiger partial charge < -0.3 is 9.53 Å². The van der Waals surface area contributed by atoms with E-state index >= 15 is 0 Å². The van der Waals surface area contributed by atoms with Crippen LogP contribution in [0, 0.1) is 23.6 Å². The molecule has 26 heavy (non-hydrogen) atoms. The first kappa shape index (κ1) is 17.7. The van der Waals surface area contributed by atoms with Gasteiger partial charge in [0.25, 0.3) is 0 Å². The molecule has 1 aromatic rings. The lowest BCUT2D eigenvalue weighted by atomic mass is 9.68. The first-order chi connectivity index (χ1) is 12.6. The molecule has 3 nitrogen and oxygen atoms in total. The molecule has 1 aliphatic heterocycles. The number of hydrogen-bond donors (Lipinski definition) is 0. The van der Waals surface area contributed by atoms with E-state index < -0.39 is 0 Å². The highest BCUT2D eigenvalue weighted by atomic mass is 19.1. The number of esters is 1. The summed E-state index contributed by atoms with van der Waals surface area (Å²) in [6.07, 6.45) is 11.2. The zero-order valence-corrected chi connectivity index (χ0v) is 15.2. The van der Waals surface area contributed by atoms with Crippen LogP contribution >= 0.6 is 0 Å². The van der Waals surface area contributed by atoms with Gasteiger partial charge >= 0.3 is 5.97 Å². The fourth-order valence-electron chi connectivity index (χ4n) is 5.29. The van der Waals surface area contributed by atoms with Crippen molar-refractivity contribution in [2.75, 3.05) is 0 Å². The van der Waals surface area contributed by atoms with E-state index in [2.05, 4.69) is 6.07 Å². The van der Waals surface area contributed by atoms with Crippen molar-refractivity contribution in [1.82, 2.24) is 0 Å². The Kier molecular flexibility index (Phi) is 5.10. The van der Waals surface area contributed by atoms with E-state index in [4.69, 9.17) is 4.74 Å². The van der Waals surface area contributed by atoms with Gasteiger partial charge in [-0.05, 0) is 92.7 Å². The molecule has 2 fully saturated rings. The predicted octanol–water partition coefficient (Wildman–Crippen LogP) is 4.96. The number of halogens is 1. The van der Waals surface area contributed by atoms with Crippen molar-refractivity contribution < 1.29 is 18.7 Å². The molecular weight excluding hydrogens is 331 g/mol. The fourth-order valence-corrected chi connectivity index (χ4v) is 5.29. The lowest BCUT2D eigenvalue weighted by molar-refractivity contribution is -0.135. The van der Waals surface area contributed by atoms with E-state index in [0.29, 0.717) is 18.8 Å². The van der Waals surface area contributed by atoms with Crippen LogP contribution in [-0.2, 0) is 16.0 Å². The summed E-state index contributed by atoms with van der Waals surface area (Å²) < 4.78 is 19.5. The highest BCUT2D eigenvalue weighted by Gasteiger charge is 2.32. The minimum atomic E-state index is -0.389. The monoisotopic (exact) mass is 358 g/mol. The first-order valence-electron chi connectivity index (χ1n) is 10.1. The largest absolute Gasteiger partial charge is 0.423 e. The second-order valence-electron chi connectivity index (χ2n) is 8.39. The summed E-state index contributed by atoms with van der Waals surface area (Å²) in [6, 6.07) is 3.64. The van der Waals surface area contributed by atoms with Gasteiger partial charge in [-0.25, -0.2) is 4.39 Å². The van der Waals surface area contributed by atoms with Gasteiger partial charge in [0.1, 0.15) is 6.29 Å². The summed E-state index contributed by atoms with van der Waals surface area (Å²) >= 11 is 0. The van der Waals surface area contributed by atoms with Crippen molar-refractivity contribution in [3.63, 3.8) is 0 Å². The van der Waals surface area contributed by atoms with Crippen molar-refractivity contribution in [3.05, 3.63) is 29.1 Å². The third-order valence-electron chi connectivity index (χ3n) is 6.88. The Morgan fingerprint density at radius 2 is 1.58 bits per heavy atom. The molecule has 1 heterocycles. The molecule has 140 valence electrons. The third kappa shape index (κ3) is 3.56. The van der Waals surface area contributed by atoms with Crippen molar-refractivity contribution in [3.8, 4) is 5.75 Å². The van der Waals surface area contributed by atoms with Crippen molar-refractivity contribution in [1.29, 1.82) is 0 Å². The lowest BCUT2D eigenvalue weighted by Crippen LogP contribution is -2.26. The van der Waals surface area contributed by atoms with Crippen LogP contribution in [0.3, 0.4) is 0 Å². The molecule has 3 aliphatic rings. The minimum Gasteiger partial charge on any atom is -0.423 e. The van der Waals surface area contributed by atoms with Crippen LogP contribution in [-0.4, -0.2) is 12.3 Å². The number of carbonyl (C=O) groups excluding carboxylic acids is 2. The number of aldehydes is 1. The Balaban J connectivity index is 1.38. The van der Waals surface area contributed by atoms with Gasteiger partial charge in [-0.3, -0.25) is 4.79 Å². The Bertz CT molecular complexity index is 683. The van der Waals surface area contributed by atoms with Crippen molar-refractivity contribution in [2.24, 2.45) is 17.8 Å². The van der Waals surface area contributed by atoms with Gasteiger partial charge in [-0.15, -0.1) is 0 Å². The first-order valence-corrected chi connectivity index (χ1v) is 10.1. The number of hydrogen-bond acceptors (Lipinski definition) is 3. The molecule has 0 aromatic heterocycles. The van der Waals surface area contributed by atoms with Crippen molar-refractivity contribution in [2.45, 2.75) is 70.1 Å². The molecule has 0 amide bonds. The number of ether oxygens (including phenoxy) is 1. The molecule has 2 aliphatic carbocycles. The summed E-state index contributed by atoms with van der Waals surface area (Å²) in [7, 11) is 0. The van der Waals surface area contributed by atoms with Gasteiger partial charge in [0.05, 0.1) is 6.42 Å². The van der Waals surface area contributed by atoms with Crippen LogP contribution in [0.4, 0.5) is 4.39 Å². The van der Waals surface area contributed by atoms with Gasteiger partial charge in [-0.2, -0.15) is 0 Å². The quantitative estimate of drug-likeness (QED) is 0.436. The topological polar surface area (TPSA) is 43.4 Å². The average molecular weight is 358 g/mol. The molecule has 0 bridgehead atoms. The smallest absolute Gasteiger partial charge is 0.311 e. The normalized spacial score (nSPS) is 31.8. The zero-order chi connectivity index (χ0) is 18.1. The number of benzene rings is 1. The standard InChI is InChI=1S/C22H27FO3/c23-20-12-19(11-18-9-10-21(25)26-22(18)20)17-7-5-16(6-8-17)15-3-1-14(13-24)2-4-15/h11-17H,1-10H2. The molecular formula is C22H27FO3. The Morgan fingerprint density at radius 3 is 2.23 bits per heavy atom. The van der Waals surface area contributed by atoms with E-state index in [-0.39, 0.29) is 23.5 Å². The van der Waals surface area contributed by atoms with Crippen LogP contribution in [0.1, 0.15) is 74.8 Å². The average Bonchev–Trinajstić information content (AvgIpc) is 2.68. The Hall–Kier alpha value is -1.71. The molecule has 0 saturated heterocycles. The van der Waals surface area contributed by atoms with Gasteiger partial charge in [0.2, 0.25) is 0 Å². The third-order valence-corrected chi connectivity index (χ3v) is 6.88. The van der Waals surface area contributed by atoms with E-state index in [1.807, 2.05) is 0 Å². The summed E-state index contributed by atoms with van der Waals surface area (Å²) in [5, 5.41) is 0. The molecule has 0 spiro atoms. The maximum atomic E-state index is 14.4. The van der Waals surface area contributed by atoms with E-state index in [1.54, 1.807) is 6.07 Å². The lowest BCUT2D eigenvalue weighted by Gasteiger charge is -2.37. The van der Waals surface area contributed by atoms with E-state index in [9.17, 15) is 14.0 Å². The maximum Gasteiger partial charge on any atom is 0.311 e. The molecule has 4 heteroatoms. The highest BCUT2D eigenvalue weighted by Crippen LogP contribution is 2.44. The number of aryl methyl sites for hydroxylation is 1. The van der Waals surface area contributed by atoms with Gasteiger partial charge in [0, 0.05) is 5.92 Å². The van der Waals surface area contributed by atoms with Crippen LogP contribution in [0.25, 0.3) is 0 Å². The second-order valence-corrected chi connectivity index (χ2v) is 8.39. The molecule has 0 radical (unpaired) electrons. The molecule has 0 unspecified atom stereocenters. The van der Waals surface area contributed by atoms with Gasteiger partial charge in [-0.1, -0.05) is 6.07 Å². The maximum absolute atomic E-state index is 14.4. The Labute approximate surface area is 154 Å². The number of carbonyl (C=O) groups is 2. The minimum absolute atomic E-state index is 0.144. The molecule has 1 aromatic carbocycles. The summed E-state index contributed by atoms with van der Waals surface area (Å²) in [5.74, 6) is 1.65. The van der Waals surface area contributed by atoms with Gasteiger partial charge in [0.15, 0.2) is 11.6 Å². The zero-order valence-electron chi connectivity index (χ0n) is 15.2. The SMILES string of the molecule is O=CC1CCC(C2CCC(c3cc(F)c4c(c3)CCC(=O)O4)CC2)CC1. The molecule has 2 saturated carbocycles. The molecule has 0 atom stereocenters. The van der Waals surface area contributed by atoms with E-state index in [0.717, 1.165) is 54.9 Å². The second kappa shape index (κ2) is 7.50. The number of fused-ring (bicyclic) bond motifs is 1. The van der Waals surface area contributed by atoms with Crippen molar-refractivity contribution >= 4 is 12.3 Å². The summed E-state index contributed by atoms with van der Waals surface area (Å²) in [4.78, 5) is 22.3. The van der Waals surface area contributed by atoms with Crippen LogP contribution in [0.5, 0.6) is 5.75 Å². The Morgan fingerprint density at radius 1 is 0.923 bits per heavy atom. The fraction of sp³-hybridized carbons (Fsp3) is 0.636. The van der Waals surface area contributed by atoms with Crippen LogP contribution in [0.2, 0.25) is 0 Å². The molecule has 4 rings (SSSR count). The highest BCUT2D eigenvalue weighted by molar-refractivity contribution is 5.75. The van der Waals surface area contributed by atoms with Crippen LogP contribution < -0.4 is 4.74 Å². The summed E-state index contributed by atoms with van der Waals surface area (Å²) in [6.45, 7) is 0. The predicted molar refractivity (Wildman–Crippen MR) is 96.6 cm³/mol. The number of rotatable bonds is 3. The van der Waals surface area contributed by atoms with Crippen LogP contribution in [0.15, 0.2) is 12.1 Å². The summed E-state index contributed by atoms with van der Waals surface area (Å²) in [5.41, 5.74) is 1.91.